The molecule has 0 bridgehead atoms. The maximum atomic E-state index is 12.2. The third kappa shape index (κ3) is 2.34. The van der Waals surface area contributed by atoms with Gasteiger partial charge in [-0.3, -0.25) is 4.79 Å². The van der Waals surface area contributed by atoms with Crippen LogP contribution >= 0.6 is 0 Å². The van der Waals surface area contributed by atoms with Crippen molar-refractivity contribution in [2.75, 3.05) is 6.61 Å². The van der Waals surface area contributed by atoms with Crippen molar-refractivity contribution in [3.8, 4) is 0 Å². The predicted molar refractivity (Wildman–Crippen MR) is 66.7 cm³/mol. The molecule has 2 rings (SSSR count). The molecule has 1 atom stereocenters. The van der Waals surface area contributed by atoms with Gasteiger partial charge in [0.1, 0.15) is 0 Å². The molecule has 1 aliphatic carbocycles. The first-order valence-corrected chi connectivity index (χ1v) is 6.20. The zero-order valence-electron chi connectivity index (χ0n) is 10.1. The average Bonchev–Trinajstić information content (AvgIpc) is 3.18. The lowest BCUT2D eigenvalue weighted by atomic mass is 9.94. The second kappa shape index (κ2) is 4.88. The van der Waals surface area contributed by atoms with Crippen molar-refractivity contribution in [1.82, 2.24) is 5.32 Å². The summed E-state index contributed by atoms with van der Waals surface area (Å²) >= 11 is 0. The van der Waals surface area contributed by atoms with Gasteiger partial charge in [-0.1, -0.05) is 37.3 Å². The Balaban J connectivity index is 2.09. The minimum atomic E-state index is -0.330. The normalized spacial score (nSPS) is 18.5. The summed E-state index contributed by atoms with van der Waals surface area (Å²) in [6.45, 7) is 1.97. The van der Waals surface area contributed by atoms with Gasteiger partial charge in [-0.05, 0) is 24.8 Å². The fraction of sp³-hybridized carbons (Fsp3) is 0.500. The van der Waals surface area contributed by atoms with Crippen molar-refractivity contribution >= 4 is 5.91 Å². The van der Waals surface area contributed by atoms with Crippen LogP contribution in [-0.4, -0.2) is 23.7 Å². The molecule has 0 unspecified atom stereocenters. The number of amides is 1. The monoisotopic (exact) mass is 233 g/mol. The Morgan fingerprint density at radius 3 is 2.53 bits per heavy atom. The Morgan fingerprint density at radius 2 is 2.06 bits per heavy atom. The molecule has 1 aromatic rings. The van der Waals surface area contributed by atoms with E-state index in [0.29, 0.717) is 0 Å². The van der Waals surface area contributed by atoms with Crippen molar-refractivity contribution < 1.29 is 9.90 Å². The molecule has 0 aromatic heterocycles. The maximum Gasteiger partial charge on any atom is 0.230 e. The first-order valence-electron chi connectivity index (χ1n) is 6.20. The number of hydrogen-bond donors (Lipinski definition) is 2. The Morgan fingerprint density at radius 1 is 1.41 bits per heavy atom. The highest BCUT2D eigenvalue weighted by Crippen LogP contribution is 2.48. The minimum Gasteiger partial charge on any atom is -0.394 e. The summed E-state index contributed by atoms with van der Waals surface area (Å²) in [4.78, 5) is 12.2. The van der Waals surface area contributed by atoms with Crippen molar-refractivity contribution in [2.45, 2.75) is 37.6 Å². The summed E-state index contributed by atoms with van der Waals surface area (Å²) in [5.74, 6) is 0.0598. The van der Waals surface area contributed by atoms with Gasteiger partial charge in [-0.25, -0.2) is 0 Å². The molecule has 2 N–H and O–H groups in total. The predicted octanol–water partition coefficient (Wildman–Crippen LogP) is 1.61. The Bertz CT molecular complexity index is 380. The van der Waals surface area contributed by atoms with Crippen molar-refractivity contribution in [1.29, 1.82) is 0 Å². The van der Waals surface area contributed by atoms with Crippen LogP contribution in [0.3, 0.4) is 0 Å². The maximum absolute atomic E-state index is 12.2. The summed E-state index contributed by atoms with van der Waals surface area (Å²) in [7, 11) is 0. The Hall–Kier alpha value is -1.35. The van der Waals surface area contributed by atoms with Crippen LogP contribution in [0.15, 0.2) is 30.3 Å². The standard InChI is InChI=1S/C14H19NO2/c1-2-12(10-16)15-13(17)14(8-9-14)11-6-4-3-5-7-11/h3-7,12,16H,2,8-10H2,1H3,(H,15,17)/t12-/m1/s1. The SMILES string of the molecule is CC[C@H](CO)NC(=O)C1(c2ccccc2)CC1. The van der Waals surface area contributed by atoms with Gasteiger partial charge in [0.2, 0.25) is 5.91 Å². The molecule has 3 heteroatoms. The number of hydrogen-bond acceptors (Lipinski definition) is 2. The van der Waals surface area contributed by atoms with Crippen LogP contribution < -0.4 is 5.32 Å². The zero-order chi connectivity index (χ0) is 12.3. The van der Waals surface area contributed by atoms with Crippen molar-refractivity contribution in [2.24, 2.45) is 0 Å². The van der Waals surface area contributed by atoms with E-state index in [1.54, 1.807) is 0 Å². The second-order valence-corrected chi connectivity index (χ2v) is 4.71. The third-order valence-electron chi connectivity index (χ3n) is 3.56. The highest BCUT2D eigenvalue weighted by Gasteiger charge is 2.51. The molecule has 3 nitrogen and oxygen atoms in total. The van der Waals surface area contributed by atoms with Crippen LogP contribution in [0.25, 0.3) is 0 Å². The molecule has 1 fully saturated rings. The Kier molecular flexibility index (Phi) is 3.48. The van der Waals surface area contributed by atoms with Gasteiger partial charge in [0.25, 0.3) is 0 Å². The first-order chi connectivity index (χ1) is 8.23. The van der Waals surface area contributed by atoms with Gasteiger partial charge in [0.05, 0.1) is 18.1 Å². The quantitative estimate of drug-likeness (QED) is 0.811. The molecule has 1 aromatic carbocycles. The first kappa shape index (κ1) is 12.1. The van der Waals surface area contributed by atoms with Crippen LogP contribution in [-0.2, 0) is 10.2 Å². The van der Waals surface area contributed by atoms with E-state index in [1.165, 1.54) is 0 Å². The van der Waals surface area contributed by atoms with E-state index in [-0.39, 0.29) is 24.0 Å². The highest BCUT2D eigenvalue weighted by molar-refractivity contribution is 5.91. The van der Waals surface area contributed by atoms with Gasteiger partial charge in [-0.15, -0.1) is 0 Å². The lowest BCUT2D eigenvalue weighted by Crippen LogP contribution is -2.43. The number of carbonyl (C=O) groups excluding carboxylic acids is 1. The van der Waals surface area contributed by atoms with Crippen LogP contribution in [0.4, 0.5) is 0 Å². The summed E-state index contributed by atoms with van der Waals surface area (Å²) in [6, 6.07) is 9.78. The lowest BCUT2D eigenvalue weighted by molar-refractivity contribution is -0.124. The largest absolute Gasteiger partial charge is 0.394 e. The average molecular weight is 233 g/mol. The van der Waals surface area contributed by atoms with Crippen molar-refractivity contribution in [3.05, 3.63) is 35.9 Å². The Labute approximate surface area is 102 Å². The fourth-order valence-corrected chi connectivity index (χ4v) is 2.13. The third-order valence-corrected chi connectivity index (χ3v) is 3.56. The molecule has 17 heavy (non-hydrogen) atoms. The smallest absolute Gasteiger partial charge is 0.230 e. The summed E-state index contributed by atoms with van der Waals surface area (Å²) in [6.07, 6.45) is 2.57. The zero-order valence-corrected chi connectivity index (χ0v) is 10.1. The van der Waals surface area contributed by atoms with E-state index in [4.69, 9.17) is 5.11 Å². The molecule has 1 aliphatic rings. The van der Waals surface area contributed by atoms with E-state index in [2.05, 4.69) is 5.32 Å². The summed E-state index contributed by atoms with van der Waals surface area (Å²) < 4.78 is 0. The number of nitrogens with one attached hydrogen (secondary N) is 1. The van der Waals surface area contributed by atoms with Crippen LogP contribution in [0.5, 0.6) is 0 Å². The van der Waals surface area contributed by atoms with Crippen molar-refractivity contribution in [3.63, 3.8) is 0 Å². The number of aliphatic hydroxyl groups excluding tert-OH is 1. The molecular formula is C14H19NO2. The molecule has 0 spiro atoms. The van der Waals surface area contributed by atoms with E-state index in [0.717, 1.165) is 24.8 Å². The molecule has 0 aliphatic heterocycles. The summed E-state index contributed by atoms with van der Waals surface area (Å²) in [5, 5.41) is 12.0. The number of carbonyl (C=O) groups is 1. The molecular weight excluding hydrogens is 214 g/mol. The highest BCUT2D eigenvalue weighted by atomic mass is 16.3. The fourth-order valence-electron chi connectivity index (χ4n) is 2.13. The number of aliphatic hydroxyl groups is 1. The number of benzene rings is 1. The topological polar surface area (TPSA) is 49.3 Å². The van der Waals surface area contributed by atoms with Gasteiger partial charge in [0.15, 0.2) is 0 Å². The van der Waals surface area contributed by atoms with E-state index >= 15 is 0 Å². The van der Waals surface area contributed by atoms with Gasteiger partial charge in [-0.2, -0.15) is 0 Å². The van der Waals surface area contributed by atoms with Gasteiger partial charge >= 0.3 is 0 Å². The van der Waals surface area contributed by atoms with Crippen LogP contribution in [0.2, 0.25) is 0 Å². The lowest BCUT2D eigenvalue weighted by Gasteiger charge is -2.20. The van der Waals surface area contributed by atoms with E-state index < -0.39 is 0 Å². The van der Waals surface area contributed by atoms with E-state index in [1.807, 2.05) is 37.3 Å². The molecule has 0 radical (unpaired) electrons. The van der Waals surface area contributed by atoms with E-state index in [9.17, 15) is 4.79 Å². The second-order valence-electron chi connectivity index (χ2n) is 4.71. The molecule has 1 saturated carbocycles. The molecule has 0 saturated heterocycles. The molecule has 92 valence electrons. The van der Waals surface area contributed by atoms with Gasteiger partial charge < -0.3 is 10.4 Å². The molecule has 1 amide bonds. The van der Waals surface area contributed by atoms with Crippen LogP contribution in [0.1, 0.15) is 31.7 Å². The number of rotatable bonds is 5. The summed E-state index contributed by atoms with van der Waals surface area (Å²) in [5.41, 5.74) is 0.759. The minimum absolute atomic E-state index is 0.00705. The van der Waals surface area contributed by atoms with Gasteiger partial charge in [0, 0.05) is 0 Å². The van der Waals surface area contributed by atoms with Crippen LogP contribution in [0, 0.1) is 0 Å². The molecule has 0 heterocycles.